The van der Waals surface area contributed by atoms with Gasteiger partial charge in [-0.05, 0) is 5.56 Å². The Labute approximate surface area is 101 Å². The summed E-state index contributed by atoms with van der Waals surface area (Å²) < 4.78 is 18.9. The molecule has 2 rings (SSSR count). The molecule has 2 atom stereocenters. The maximum atomic E-state index is 14.2. The molecule has 1 N–H and O–H groups in total. The molecule has 1 aliphatic heterocycles. The van der Waals surface area contributed by atoms with Crippen LogP contribution in [0.3, 0.4) is 0 Å². The van der Waals surface area contributed by atoms with Crippen molar-refractivity contribution in [2.45, 2.75) is 24.9 Å². The molecule has 1 aliphatic rings. The molecular weight excluding hydrogens is 221 g/mol. The molecule has 1 aromatic rings. The number of ether oxygens (including phenoxy) is 1. The highest BCUT2D eigenvalue weighted by Gasteiger charge is 2.44. The van der Waals surface area contributed by atoms with E-state index in [0.717, 1.165) is 5.56 Å². The molecule has 4 heteroatoms. The Balaban J connectivity index is 1.94. The zero-order valence-corrected chi connectivity index (χ0v) is 9.97. The van der Waals surface area contributed by atoms with Crippen LogP contribution in [0.25, 0.3) is 0 Å². The Morgan fingerprint density at radius 3 is 2.82 bits per heavy atom. The predicted molar refractivity (Wildman–Crippen MR) is 63.2 cm³/mol. The Kier molecular flexibility index (Phi) is 3.76. The van der Waals surface area contributed by atoms with Gasteiger partial charge in [-0.15, -0.1) is 0 Å². The standard InChI is InChI=1S/C13H18FNO2/c1-17-12(16)13(14)7-8-15(10-13)9-11-5-3-2-4-6-11/h2-6,12,16H,7-10H2,1H3/t12?,13-/m0/s1. The fourth-order valence-corrected chi connectivity index (χ4v) is 2.26. The molecule has 3 nitrogen and oxygen atoms in total. The van der Waals surface area contributed by atoms with Crippen molar-refractivity contribution in [3.05, 3.63) is 35.9 Å². The van der Waals surface area contributed by atoms with Crippen molar-refractivity contribution in [3.8, 4) is 0 Å². The summed E-state index contributed by atoms with van der Waals surface area (Å²) in [5.74, 6) is 0. The van der Waals surface area contributed by atoms with E-state index in [1.54, 1.807) is 0 Å². The smallest absolute Gasteiger partial charge is 0.190 e. The number of methoxy groups -OCH3 is 1. The maximum absolute atomic E-state index is 14.2. The van der Waals surface area contributed by atoms with E-state index in [1.165, 1.54) is 7.11 Å². The normalized spacial score (nSPS) is 27.2. The third-order valence-corrected chi connectivity index (χ3v) is 3.24. The third-order valence-electron chi connectivity index (χ3n) is 3.24. The first-order valence-corrected chi connectivity index (χ1v) is 5.80. The minimum Gasteiger partial charge on any atom is -0.365 e. The van der Waals surface area contributed by atoms with Gasteiger partial charge in [0.05, 0.1) is 0 Å². The van der Waals surface area contributed by atoms with E-state index in [9.17, 15) is 9.50 Å². The molecular formula is C13H18FNO2. The third kappa shape index (κ3) is 2.83. The van der Waals surface area contributed by atoms with Crippen LogP contribution in [0.5, 0.6) is 0 Å². The van der Waals surface area contributed by atoms with E-state index in [1.807, 2.05) is 35.2 Å². The molecule has 0 spiro atoms. The van der Waals surface area contributed by atoms with Crippen molar-refractivity contribution in [3.63, 3.8) is 0 Å². The van der Waals surface area contributed by atoms with Gasteiger partial charge < -0.3 is 9.84 Å². The van der Waals surface area contributed by atoms with Crippen molar-refractivity contribution in [1.82, 2.24) is 4.90 Å². The van der Waals surface area contributed by atoms with Crippen LogP contribution in [0.4, 0.5) is 4.39 Å². The first-order valence-electron chi connectivity index (χ1n) is 5.80. The molecule has 17 heavy (non-hydrogen) atoms. The zero-order valence-electron chi connectivity index (χ0n) is 9.97. The largest absolute Gasteiger partial charge is 0.365 e. The number of alkyl halides is 1. The average Bonchev–Trinajstić information content (AvgIpc) is 2.72. The molecule has 94 valence electrons. The lowest BCUT2D eigenvalue weighted by Crippen LogP contribution is -2.41. The second-order valence-electron chi connectivity index (χ2n) is 4.57. The Hall–Kier alpha value is -0.970. The Morgan fingerprint density at radius 2 is 2.18 bits per heavy atom. The second-order valence-corrected chi connectivity index (χ2v) is 4.57. The van der Waals surface area contributed by atoms with Crippen LogP contribution >= 0.6 is 0 Å². The lowest BCUT2D eigenvalue weighted by molar-refractivity contribution is -0.162. The van der Waals surface area contributed by atoms with Crippen molar-refractivity contribution < 1.29 is 14.2 Å². The van der Waals surface area contributed by atoms with E-state index in [-0.39, 0.29) is 6.54 Å². The van der Waals surface area contributed by atoms with Gasteiger partial charge in [0.1, 0.15) is 0 Å². The van der Waals surface area contributed by atoms with Gasteiger partial charge in [0.2, 0.25) is 0 Å². The monoisotopic (exact) mass is 239 g/mol. The molecule has 0 bridgehead atoms. The topological polar surface area (TPSA) is 32.7 Å². The lowest BCUT2D eigenvalue weighted by atomic mass is 10.1. The number of benzene rings is 1. The zero-order chi connectivity index (χ0) is 12.3. The summed E-state index contributed by atoms with van der Waals surface area (Å²) in [5, 5.41) is 9.48. The summed E-state index contributed by atoms with van der Waals surface area (Å²) in [6, 6.07) is 9.94. The number of aliphatic hydroxyl groups excluding tert-OH is 1. The number of likely N-dealkylation sites (tertiary alicyclic amines) is 1. The van der Waals surface area contributed by atoms with Crippen LogP contribution in [0.2, 0.25) is 0 Å². The molecule has 0 aliphatic carbocycles. The van der Waals surface area contributed by atoms with Crippen LogP contribution in [-0.4, -0.2) is 42.2 Å². The van der Waals surface area contributed by atoms with E-state index in [4.69, 9.17) is 0 Å². The van der Waals surface area contributed by atoms with Crippen molar-refractivity contribution in [2.24, 2.45) is 0 Å². The number of hydrogen-bond donors (Lipinski definition) is 1. The first kappa shape index (κ1) is 12.5. The highest BCUT2D eigenvalue weighted by molar-refractivity contribution is 5.15. The highest BCUT2D eigenvalue weighted by Crippen LogP contribution is 2.30. The molecule has 0 saturated carbocycles. The van der Waals surface area contributed by atoms with Gasteiger partial charge in [-0.1, -0.05) is 30.3 Å². The van der Waals surface area contributed by atoms with Gasteiger partial charge in [-0.2, -0.15) is 0 Å². The molecule has 1 saturated heterocycles. The fourth-order valence-electron chi connectivity index (χ4n) is 2.26. The quantitative estimate of drug-likeness (QED) is 0.809. The molecule has 1 aromatic carbocycles. The molecule has 1 unspecified atom stereocenters. The first-order chi connectivity index (χ1) is 8.14. The molecule has 0 radical (unpaired) electrons. The van der Waals surface area contributed by atoms with Crippen LogP contribution in [0.1, 0.15) is 12.0 Å². The van der Waals surface area contributed by atoms with E-state index in [0.29, 0.717) is 19.5 Å². The van der Waals surface area contributed by atoms with E-state index in [2.05, 4.69) is 4.74 Å². The minimum absolute atomic E-state index is 0.219. The predicted octanol–water partition coefficient (Wildman–Crippen LogP) is 1.57. The number of halogens is 1. The lowest BCUT2D eigenvalue weighted by Gasteiger charge is -2.25. The summed E-state index contributed by atoms with van der Waals surface area (Å²) in [4.78, 5) is 2.00. The van der Waals surface area contributed by atoms with Gasteiger partial charge in [0, 0.05) is 33.2 Å². The maximum Gasteiger partial charge on any atom is 0.190 e. The Morgan fingerprint density at radius 1 is 1.47 bits per heavy atom. The van der Waals surface area contributed by atoms with Crippen molar-refractivity contribution >= 4 is 0 Å². The van der Waals surface area contributed by atoms with Crippen LogP contribution in [0.15, 0.2) is 30.3 Å². The van der Waals surface area contributed by atoms with Crippen LogP contribution in [-0.2, 0) is 11.3 Å². The molecule has 1 heterocycles. The van der Waals surface area contributed by atoms with Gasteiger partial charge in [0.25, 0.3) is 0 Å². The number of aliphatic hydroxyl groups is 1. The average molecular weight is 239 g/mol. The van der Waals surface area contributed by atoms with Crippen LogP contribution < -0.4 is 0 Å². The van der Waals surface area contributed by atoms with Crippen molar-refractivity contribution in [2.75, 3.05) is 20.2 Å². The summed E-state index contributed by atoms with van der Waals surface area (Å²) in [6.45, 7) is 1.58. The minimum atomic E-state index is -1.64. The van der Waals surface area contributed by atoms with Crippen LogP contribution in [0, 0.1) is 0 Å². The van der Waals surface area contributed by atoms with Gasteiger partial charge >= 0.3 is 0 Å². The Bertz CT molecular complexity index is 360. The summed E-state index contributed by atoms with van der Waals surface area (Å²) in [6.07, 6.45) is -1.02. The molecule has 1 fully saturated rings. The number of nitrogens with zero attached hydrogens (tertiary/aromatic N) is 1. The molecule has 0 amide bonds. The van der Waals surface area contributed by atoms with E-state index >= 15 is 0 Å². The van der Waals surface area contributed by atoms with Gasteiger partial charge in [-0.3, -0.25) is 4.90 Å². The highest BCUT2D eigenvalue weighted by atomic mass is 19.1. The SMILES string of the molecule is COC(O)[C@]1(F)CCN(Cc2ccccc2)C1. The van der Waals surface area contributed by atoms with Gasteiger partial charge in [0.15, 0.2) is 12.0 Å². The van der Waals surface area contributed by atoms with E-state index < -0.39 is 12.0 Å². The summed E-state index contributed by atoms with van der Waals surface area (Å²) in [5.41, 5.74) is -0.479. The number of rotatable bonds is 4. The van der Waals surface area contributed by atoms with Gasteiger partial charge in [-0.25, -0.2) is 4.39 Å². The number of hydrogen-bond acceptors (Lipinski definition) is 3. The molecule has 0 aromatic heterocycles. The second kappa shape index (κ2) is 5.12. The summed E-state index contributed by atoms with van der Waals surface area (Å²) in [7, 11) is 1.33. The van der Waals surface area contributed by atoms with Crippen molar-refractivity contribution in [1.29, 1.82) is 0 Å². The summed E-state index contributed by atoms with van der Waals surface area (Å²) >= 11 is 0. The fraction of sp³-hybridized carbons (Fsp3) is 0.538.